The van der Waals surface area contributed by atoms with Crippen LogP contribution in [0.1, 0.15) is 19.4 Å². The number of carbonyl (C=O) groups excluding carboxylic acids is 2. The topological polar surface area (TPSA) is 58.6 Å². The molecular weight excluding hydrogens is 304 g/mol. The summed E-state index contributed by atoms with van der Waals surface area (Å²) >= 11 is 0. The van der Waals surface area contributed by atoms with Gasteiger partial charge in [-0.15, -0.1) is 0 Å². The third-order valence-electron chi connectivity index (χ3n) is 4.32. The molecule has 0 fully saturated rings. The van der Waals surface area contributed by atoms with Gasteiger partial charge in [0, 0.05) is 11.4 Å². The van der Waals surface area contributed by atoms with Gasteiger partial charge in [-0.3, -0.25) is 9.59 Å². The Morgan fingerprint density at radius 1 is 1.12 bits per heavy atom. The zero-order valence-corrected chi connectivity index (χ0v) is 14.0. The van der Waals surface area contributed by atoms with Gasteiger partial charge in [-0.1, -0.05) is 18.2 Å². The second-order valence-corrected chi connectivity index (χ2v) is 6.31. The second-order valence-electron chi connectivity index (χ2n) is 6.31. The van der Waals surface area contributed by atoms with E-state index in [1.807, 2.05) is 38.1 Å². The molecule has 124 valence electrons. The van der Waals surface area contributed by atoms with Crippen LogP contribution in [0.3, 0.4) is 0 Å². The van der Waals surface area contributed by atoms with E-state index >= 15 is 0 Å². The minimum atomic E-state index is -0.614. The lowest BCUT2D eigenvalue weighted by Gasteiger charge is -2.20. The zero-order chi connectivity index (χ0) is 17.3. The highest BCUT2D eigenvalue weighted by Crippen LogP contribution is 2.41. The van der Waals surface area contributed by atoms with Crippen LogP contribution in [-0.2, 0) is 15.0 Å². The van der Waals surface area contributed by atoms with Crippen molar-refractivity contribution in [2.45, 2.75) is 19.3 Å². The third-order valence-corrected chi connectivity index (χ3v) is 4.32. The average Bonchev–Trinajstić information content (AvgIpc) is 2.77. The number of methoxy groups -OCH3 is 1. The summed E-state index contributed by atoms with van der Waals surface area (Å²) < 4.78 is 5.09. The van der Waals surface area contributed by atoms with Crippen LogP contribution < -0.4 is 15.0 Å². The molecule has 0 unspecified atom stereocenters. The zero-order valence-electron chi connectivity index (χ0n) is 14.0. The minimum Gasteiger partial charge on any atom is -0.497 e. The maximum atomic E-state index is 12.7. The van der Waals surface area contributed by atoms with Crippen LogP contribution in [0.4, 0.5) is 11.4 Å². The molecule has 1 aliphatic rings. The van der Waals surface area contributed by atoms with Gasteiger partial charge >= 0.3 is 0 Å². The Labute approximate surface area is 141 Å². The van der Waals surface area contributed by atoms with Crippen LogP contribution in [0.5, 0.6) is 5.75 Å². The van der Waals surface area contributed by atoms with Crippen LogP contribution in [0.15, 0.2) is 48.5 Å². The van der Waals surface area contributed by atoms with Crippen molar-refractivity contribution in [3.8, 4) is 5.75 Å². The molecule has 1 aliphatic heterocycles. The van der Waals surface area contributed by atoms with E-state index in [1.165, 1.54) is 0 Å². The van der Waals surface area contributed by atoms with Crippen molar-refractivity contribution in [1.29, 1.82) is 0 Å². The van der Waals surface area contributed by atoms with E-state index in [9.17, 15) is 9.59 Å². The van der Waals surface area contributed by atoms with E-state index in [2.05, 4.69) is 5.32 Å². The van der Waals surface area contributed by atoms with Gasteiger partial charge in [0.2, 0.25) is 11.8 Å². The van der Waals surface area contributed by atoms with Crippen LogP contribution in [0.2, 0.25) is 0 Å². The Balaban J connectivity index is 1.76. The van der Waals surface area contributed by atoms with Crippen molar-refractivity contribution in [3.05, 3.63) is 54.1 Å². The molecule has 2 amide bonds. The van der Waals surface area contributed by atoms with Gasteiger partial charge in [0.1, 0.15) is 12.3 Å². The summed E-state index contributed by atoms with van der Waals surface area (Å²) in [5.74, 6) is 0.424. The Hall–Kier alpha value is -2.82. The number of rotatable bonds is 4. The summed E-state index contributed by atoms with van der Waals surface area (Å²) in [6.45, 7) is 3.76. The molecule has 0 aliphatic carbocycles. The molecule has 5 heteroatoms. The first-order chi connectivity index (χ1) is 11.4. The molecule has 1 N–H and O–H groups in total. The molecule has 0 radical (unpaired) electrons. The Bertz CT molecular complexity index is 781. The summed E-state index contributed by atoms with van der Waals surface area (Å²) in [6, 6.07) is 14.7. The first-order valence-corrected chi connectivity index (χ1v) is 7.79. The Morgan fingerprint density at radius 3 is 2.46 bits per heavy atom. The van der Waals surface area contributed by atoms with E-state index in [1.54, 1.807) is 36.3 Å². The molecule has 5 nitrogen and oxygen atoms in total. The van der Waals surface area contributed by atoms with Crippen molar-refractivity contribution in [2.24, 2.45) is 0 Å². The lowest BCUT2D eigenvalue weighted by atomic mass is 9.86. The monoisotopic (exact) mass is 324 g/mol. The van der Waals surface area contributed by atoms with Gasteiger partial charge in [-0.25, -0.2) is 0 Å². The van der Waals surface area contributed by atoms with Gasteiger partial charge in [-0.05, 0) is 49.7 Å². The highest BCUT2D eigenvalue weighted by molar-refractivity contribution is 6.11. The molecule has 0 spiro atoms. The van der Waals surface area contributed by atoms with Crippen molar-refractivity contribution in [1.82, 2.24) is 0 Å². The minimum absolute atomic E-state index is 0.00863. The van der Waals surface area contributed by atoms with Crippen molar-refractivity contribution >= 4 is 23.2 Å². The van der Waals surface area contributed by atoms with E-state index in [0.29, 0.717) is 5.69 Å². The van der Waals surface area contributed by atoms with Crippen LogP contribution >= 0.6 is 0 Å². The largest absolute Gasteiger partial charge is 0.497 e. The Kier molecular flexibility index (Phi) is 4.01. The predicted octanol–water partition coefficient (Wildman–Crippen LogP) is 2.96. The molecule has 1 heterocycles. The second kappa shape index (κ2) is 6.00. The number of para-hydroxylation sites is 1. The molecule has 2 aromatic rings. The lowest BCUT2D eigenvalue weighted by Crippen LogP contribution is -2.40. The summed E-state index contributed by atoms with van der Waals surface area (Å²) in [4.78, 5) is 26.6. The molecule has 2 aromatic carbocycles. The fourth-order valence-electron chi connectivity index (χ4n) is 2.97. The third kappa shape index (κ3) is 2.73. The molecule has 3 rings (SSSR count). The molecule has 0 bridgehead atoms. The lowest BCUT2D eigenvalue weighted by molar-refractivity contribution is -0.124. The van der Waals surface area contributed by atoms with Crippen molar-refractivity contribution in [3.63, 3.8) is 0 Å². The molecule has 0 saturated heterocycles. The van der Waals surface area contributed by atoms with Gasteiger partial charge in [0.05, 0.1) is 12.5 Å². The first-order valence-electron chi connectivity index (χ1n) is 7.79. The number of benzene rings is 2. The Morgan fingerprint density at radius 2 is 1.79 bits per heavy atom. The van der Waals surface area contributed by atoms with Gasteiger partial charge in [-0.2, -0.15) is 0 Å². The number of hydrogen-bond acceptors (Lipinski definition) is 3. The fraction of sp³-hybridized carbons (Fsp3) is 0.263. The quantitative estimate of drug-likeness (QED) is 0.940. The summed E-state index contributed by atoms with van der Waals surface area (Å²) in [5, 5.41) is 2.81. The highest BCUT2D eigenvalue weighted by atomic mass is 16.5. The highest BCUT2D eigenvalue weighted by Gasteiger charge is 2.44. The van der Waals surface area contributed by atoms with E-state index in [4.69, 9.17) is 4.74 Å². The first kappa shape index (κ1) is 16.1. The maximum Gasteiger partial charge on any atom is 0.244 e. The van der Waals surface area contributed by atoms with Gasteiger partial charge in [0.15, 0.2) is 0 Å². The fourth-order valence-corrected chi connectivity index (χ4v) is 2.97. The van der Waals surface area contributed by atoms with Gasteiger partial charge < -0.3 is 15.0 Å². The van der Waals surface area contributed by atoms with E-state index in [-0.39, 0.29) is 18.4 Å². The summed E-state index contributed by atoms with van der Waals surface area (Å²) in [6.07, 6.45) is 0. The molecule has 24 heavy (non-hydrogen) atoms. The van der Waals surface area contributed by atoms with E-state index < -0.39 is 5.41 Å². The number of ether oxygens (including phenoxy) is 1. The summed E-state index contributed by atoms with van der Waals surface area (Å²) in [5.41, 5.74) is 1.81. The molecule has 0 saturated carbocycles. The van der Waals surface area contributed by atoms with E-state index in [0.717, 1.165) is 17.0 Å². The van der Waals surface area contributed by atoms with Crippen molar-refractivity contribution < 1.29 is 14.3 Å². The van der Waals surface area contributed by atoms with Crippen LogP contribution in [-0.4, -0.2) is 25.5 Å². The molecule has 0 atom stereocenters. The molecular formula is C19H20N2O3. The van der Waals surface area contributed by atoms with Crippen LogP contribution in [0, 0.1) is 0 Å². The average molecular weight is 324 g/mol. The number of hydrogen-bond donors (Lipinski definition) is 1. The summed E-state index contributed by atoms with van der Waals surface area (Å²) in [7, 11) is 1.59. The smallest absolute Gasteiger partial charge is 0.244 e. The van der Waals surface area contributed by atoms with Crippen LogP contribution in [0.25, 0.3) is 0 Å². The SMILES string of the molecule is COc1ccc(NC(=O)CN2C(=O)C(C)(C)c3ccccc32)cc1. The predicted molar refractivity (Wildman–Crippen MR) is 93.4 cm³/mol. The standard InChI is InChI=1S/C19H20N2O3/c1-19(2)15-6-4-5-7-16(15)21(18(19)23)12-17(22)20-13-8-10-14(24-3)11-9-13/h4-11H,12H2,1-3H3,(H,20,22). The van der Waals surface area contributed by atoms with Crippen molar-refractivity contribution in [2.75, 3.05) is 23.9 Å². The number of anilines is 2. The number of nitrogens with one attached hydrogen (secondary N) is 1. The molecule has 0 aromatic heterocycles. The number of carbonyl (C=O) groups is 2. The number of amides is 2. The number of fused-ring (bicyclic) bond motifs is 1. The maximum absolute atomic E-state index is 12.7. The van der Waals surface area contributed by atoms with Gasteiger partial charge in [0.25, 0.3) is 0 Å². The number of nitrogens with zero attached hydrogens (tertiary/aromatic N) is 1. The normalized spacial score (nSPS) is 15.1.